The fourth-order valence-corrected chi connectivity index (χ4v) is 5.14. The number of hydrogen-bond donors (Lipinski definition) is 0. The molecule has 1 saturated heterocycles. The molecule has 154 valence electrons. The highest BCUT2D eigenvalue weighted by molar-refractivity contribution is 7.89. The van der Waals surface area contributed by atoms with Crippen molar-refractivity contribution in [2.24, 2.45) is 0 Å². The van der Waals surface area contributed by atoms with Crippen LogP contribution in [-0.4, -0.2) is 44.0 Å². The molecule has 0 saturated carbocycles. The zero-order valence-electron chi connectivity index (χ0n) is 14.4. The SMILES string of the molecule is O=S(=O)(c1cc(-c2nc3cc(F)c(F)c(F)c3o2)c(Cl)cc1Cl)N1CCOCC1. The third-order valence-corrected chi connectivity index (χ3v) is 7.03. The molecule has 0 amide bonds. The summed E-state index contributed by atoms with van der Waals surface area (Å²) in [5, 5.41) is -0.173. The molecule has 0 N–H and O–H groups in total. The fourth-order valence-electron chi connectivity index (χ4n) is 2.91. The van der Waals surface area contributed by atoms with Gasteiger partial charge in [-0.25, -0.2) is 22.2 Å². The van der Waals surface area contributed by atoms with Crippen molar-refractivity contribution < 1.29 is 30.7 Å². The second-order valence-electron chi connectivity index (χ2n) is 6.13. The lowest BCUT2D eigenvalue weighted by atomic mass is 10.2. The summed E-state index contributed by atoms with van der Waals surface area (Å²) in [6.45, 7) is 0.754. The molecule has 1 aromatic heterocycles. The molecule has 2 heterocycles. The smallest absolute Gasteiger partial charge is 0.244 e. The first-order valence-electron chi connectivity index (χ1n) is 8.21. The van der Waals surface area contributed by atoms with Gasteiger partial charge in [0.15, 0.2) is 17.2 Å². The Balaban J connectivity index is 1.86. The summed E-state index contributed by atoms with van der Waals surface area (Å²) >= 11 is 12.3. The van der Waals surface area contributed by atoms with Crippen molar-refractivity contribution in [3.05, 3.63) is 45.7 Å². The van der Waals surface area contributed by atoms with Crippen molar-refractivity contribution >= 4 is 44.3 Å². The lowest BCUT2D eigenvalue weighted by Gasteiger charge is -2.26. The van der Waals surface area contributed by atoms with Gasteiger partial charge in [0.25, 0.3) is 0 Å². The standard InChI is InChI=1S/C17H11Cl2F3N2O4S/c18-9-6-10(19)13(29(25,26)24-1-3-27-4-2-24)5-8(9)17-23-12-7-11(20)14(21)15(22)16(12)28-17/h5-7H,1-4H2. The Labute approximate surface area is 172 Å². The maximum atomic E-state index is 13.9. The van der Waals surface area contributed by atoms with Gasteiger partial charge in [-0.05, 0) is 12.1 Å². The molecule has 4 rings (SSSR count). The van der Waals surface area contributed by atoms with Crippen LogP contribution in [0.4, 0.5) is 13.2 Å². The van der Waals surface area contributed by atoms with Crippen LogP contribution in [-0.2, 0) is 14.8 Å². The van der Waals surface area contributed by atoms with Crippen LogP contribution < -0.4 is 0 Å². The van der Waals surface area contributed by atoms with E-state index in [4.69, 9.17) is 32.4 Å². The number of hydrogen-bond acceptors (Lipinski definition) is 5. The average molecular weight is 467 g/mol. The molecular weight excluding hydrogens is 456 g/mol. The minimum atomic E-state index is -3.99. The zero-order valence-corrected chi connectivity index (χ0v) is 16.7. The summed E-state index contributed by atoms with van der Waals surface area (Å²) in [5.74, 6) is -5.01. The van der Waals surface area contributed by atoms with Gasteiger partial charge in [0.05, 0.1) is 28.8 Å². The van der Waals surface area contributed by atoms with Crippen LogP contribution >= 0.6 is 23.2 Å². The highest BCUT2D eigenvalue weighted by Crippen LogP contribution is 2.37. The molecular formula is C17H11Cl2F3N2O4S. The Hall–Kier alpha value is -1.85. The molecule has 1 fully saturated rings. The molecule has 0 aliphatic carbocycles. The highest BCUT2D eigenvalue weighted by atomic mass is 35.5. The third-order valence-electron chi connectivity index (χ3n) is 4.36. The number of oxazole rings is 1. The van der Waals surface area contributed by atoms with Crippen molar-refractivity contribution in [1.82, 2.24) is 9.29 Å². The maximum Gasteiger partial charge on any atom is 0.244 e. The van der Waals surface area contributed by atoms with E-state index in [9.17, 15) is 21.6 Å². The number of aromatic nitrogens is 1. The molecule has 0 spiro atoms. The Morgan fingerprint density at radius 1 is 1.00 bits per heavy atom. The Bertz CT molecular complexity index is 1230. The van der Waals surface area contributed by atoms with Crippen LogP contribution in [0.2, 0.25) is 10.0 Å². The van der Waals surface area contributed by atoms with Crippen molar-refractivity contribution in [2.75, 3.05) is 26.3 Å². The first-order chi connectivity index (χ1) is 13.7. The molecule has 0 radical (unpaired) electrons. The number of benzene rings is 2. The summed E-state index contributed by atoms with van der Waals surface area (Å²) in [6.07, 6.45) is 0. The molecule has 1 aliphatic heterocycles. The lowest BCUT2D eigenvalue weighted by molar-refractivity contribution is 0.0730. The predicted molar refractivity (Wildman–Crippen MR) is 98.9 cm³/mol. The Kier molecular flexibility index (Phi) is 5.24. The van der Waals surface area contributed by atoms with E-state index in [2.05, 4.69) is 4.98 Å². The monoisotopic (exact) mass is 466 g/mol. The Morgan fingerprint density at radius 3 is 2.38 bits per heavy atom. The molecule has 0 bridgehead atoms. The fraction of sp³-hybridized carbons (Fsp3) is 0.235. The average Bonchev–Trinajstić information content (AvgIpc) is 3.10. The van der Waals surface area contributed by atoms with Crippen LogP contribution in [0, 0.1) is 17.5 Å². The van der Waals surface area contributed by atoms with Gasteiger partial charge in [-0.15, -0.1) is 0 Å². The van der Waals surface area contributed by atoms with Crippen LogP contribution in [0.3, 0.4) is 0 Å². The summed E-state index contributed by atoms with van der Waals surface area (Å²) in [5.41, 5.74) is -0.943. The van der Waals surface area contributed by atoms with Crippen molar-refractivity contribution in [1.29, 1.82) is 0 Å². The van der Waals surface area contributed by atoms with E-state index in [1.54, 1.807) is 0 Å². The van der Waals surface area contributed by atoms with E-state index >= 15 is 0 Å². The maximum absolute atomic E-state index is 13.9. The normalized spacial score (nSPS) is 15.9. The van der Waals surface area contributed by atoms with Crippen LogP contribution in [0.25, 0.3) is 22.6 Å². The number of fused-ring (bicyclic) bond motifs is 1. The second kappa shape index (κ2) is 7.44. The zero-order chi connectivity index (χ0) is 20.9. The quantitative estimate of drug-likeness (QED) is 0.539. The summed E-state index contributed by atoms with van der Waals surface area (Å²) in [4.78, 5) is 3.64. The number of ether oxygens (including phenoxy) is 1. The van der Waals surface area contributed by atoms with Crippen molar-refractivity contribution in [3.8, 4) is 11.5 Å². The molecule has 0 atom stereocenters. The number of nitrogens with zero attached hydrogens (tertiary/aromatic N) is 2. The van der Waals surface area contributed by atoms with Crippen LogP contribution in [0.15, 0.2) is 27.5 Å². The van der Waals surface area contributed by atoms with Gasteiger partial charge >= 0.3 is 0 Å². The minimum absolute atomic E-state index is 0.0284. The Morgan fingerprint density at radius 2 is 1.69 bits per heavy atom. The lowest BCUT2D eigenvalue weighted by Crippen LogP contribution is -2.40. The number of rotatable bonds is 3. The summed E-state index contributed by atoms with van der Waals surface area (Å²) in [6, 6.07) is 2.97. The van der Waals surface area contributed by atoms with Gasteiger partial charge in [-0.3, -0.25) is 0 Å². The molecule has 12 heteroatoms. The topological polar surface area (TPSA) is 72.6 Å². The minimum Gasteiger partial charge on any atom is -0.433 e. The molecule has 1 aliphatic rings. The number of sulfonamides is 1. The van der Waals surface area contributed by atoms with Crippen molar-refractivity contribution in [3.63, 3.8) is 0 Å². The molecule has 6 nitrogen and oxygen atoms in total. The highest BCUT2D eigenvalue weighted by Gasteiger charge is 2.30. The molecule has 0 unspecified atom stereocenters. The number of halogens is 5. The second-order valence-corrected chi connectivity index (χ2v) is 8.85. The third kappa shape index (κ3) is 3.49. The van der Waals surface area contributed by atoms with E-state index in [1.807, 2.05) is 0 Å². The van der Waals surface area contributed by atoms with E-state index in [1.165, 1.54) is 10.4 Å². The van der Waals surface area contributed by atoms with Gasteiger partial charge < -0.3 is 9.15 Å². The van der Waals surface area contributed by atoms with Gasteiger partial charge in [-0.1, -0.05) is 23.2 Å². The predicted octanol–water partition coefficient (Wildman–Crippen LogP) is 4.24. The summed E-state index contributed by atoms with van der Waals surface area (Å²) < 4.78 is 78.3. The van der Waals surface area contributed by atoms with E-state index in [0.717, 1.165) is 6.07 Å². The largest absolute Gasteiger partial charge is 0.433 e. The molecule has 3 aromatic rings. The van der Waals surface area contributed by atoms with E-state index in [0.29, 0.717) is 6.07 Å². The van der Waals surface area contributed by atoms with Gasteiger partial charge in [-0.2, -0.15) is 8.70 Å². The van der Waals surface area contributed by atoms with Gasteiger partial charge in [0.2, 0.25) is 21.7 Å². The first-order valence-corrected chi connectivity index (χ1v) is 10.4. The summed E-state index contributed by atoms with van der Waals surface area (Å²) in [7, 11) is -3.99. The van der Waals surface area contributed by atoms with Gasteiger partial charge in [0.1, 0.15) is 10.4 Å². The van der Waals surface area contributed by atoms with Crippen LogP contribution in [0.1, 0.15) is 0 Å². The number of morpholine rings is 1. The van der Waals surface area contributed by atoms with Crippen LogP contribution in [0.5, 0.6) is 0 Å². The molecule has 2 aromatic carbocycles. The van der Waals surface area contributed by atoms with Gasteiger partial charge in [0, 0.05) is 19.2 Å². The first kappa shape index (κ1) is 20.4. The van der Waals surface area contributed by atoms with E-state index in [-0.39, 0.29) is 58.2 Å². The van der Waals surface area contributed by atoms with Crippen molar-refractivity contribution in [2.45, 2.75) is 4.90 Å². The van der Waals surface area contributed by atoms with E-state index < -0.39 is 33.1 Å². The molecule has 29 heavy (non-hydrogen) atoms.